The second kappa shape index (κ2) is 17.9. The molecular formula is C50H64B2O10. The molecule has 3 aliphatic rings. The minimum absolute atomic E-state index is 0.207. The topological polar surface area (TPSA) is 100 Å². The van der Waals surface area contributed by atoms with E-state index in [1.165, 1.54) is 11.1 Å². The molecule has 0 N–H and O–H groups in total. The van der Waals surface area contributed by atoms with Gasteiger partial charge in [-0.25, -0.2) is 4.79 Å². The number of carbonyl (C=O) groups excluding carboxylic acids is 1. The Hall–Kier alpha value is -4.00. The molecule has 4 aromatic rings. The van der Waals surface area contributed by atoms with Crippen molar-refractivity contribution in [2.24, 2.45) is 0 Å². The van der Waals surface area contributed by atoms with Gasteiger partial charge in [0, 0.05) is 7.11 Å². The van der Waals surface area contributed by atoms with Crippen LogP contribution in [-0.2, 0) is 49.4 Å². The Kier molecular flexibility index (Phi) is 13.3. The van der Waals surface area contributed by atoms with Gasteiger partial charge in [-0.15, -0.1) is 0 Å². The summed E-state index contributed by atoms with van der Waals surface area (Å²) in [6, 6.07) is 25.7. The molecule has 0 aromatic heterocycles. The van der Waals surface area contributed by atoms with Crippen LogP contribution in [0.25, 0.3) is 11.1 Å². The van der Waals surface area contributed by atoms with Gasteiger partial charge in [-0.05, 0) is 143 Å². The summed E-state index contributed by atoms with van der Waals surface area (Å²) in [7, 11) is 0.449. The highest BCUT2D eigenvalue weighted by atomic mass is 16.7. The van der Waals surface area contributed by atoms with Gasteiger partial charge in [-0.1, -0.05) is 67.6 Å². The van der Waals surface area contributed by atoms with Gasteiger partial charge in [0.05, 0.1) is 67.5 Å². The van der Waals surface area contributed by atoms with Crippen molar-refractivity contribution < 1.29 is 47.1 Å². The quantitative estimate of drug-likeness (QED) is 0.0525. The van der Waals surface area contributed by atoms with E-state index in [1.54, 1.807) is 7.11 Å². The minimum Gasteiger partial charge on any atom is -0.490 e. The van der Waals surface area contributed by atoms with Crippen molar-refractivity contribution in [1.82, 2.24) is 0 Å². The van der Waals surface area contributed by atoms with Gasteiger partial charge in [0.1, 0.15) is 17.9 Å². The van der Waals surface area contributed by atoms with Crippen LogP contribution >= 0.6 is 0 Å². The van der Waals surface area contributed by atoms with Gasteiger partial charge in [0.15, 0.2) is 0 Å². The lowest BCUT2D eigenvalue weighted by atomic mass is 9.64. The summed E-state index contributed by atoms with van der Waals surface area (Å²) < 4.78 is 55.0. The summed E-state index contributed by atoms with van der Waals surface area (Å²) in [4.78, 5) is 14.0. The van der Waals surface area contributed by atoms with Gasteiger partial charge in [0.25, 0.3) is 0 Å². The van der Waals surface area contributed by atoms with Crippen LogP contribution in [0.15, 0.2) is 72.8 Å². The van der Waals surface area contributed by atoms with Crippen molar-refractivity contribution in [3.05, 3.63) is 112 Å². The van der Waals surface area contributed by atoms with E-state index in [4.69, 9.17) is 42.3 Å². The second-order valence-electron chi connectivity index (χ2n) is 18.5. The molecule has 2 aliphatic heterocycles. The van der Waals surface area contributed by atoms with Crippen LogP contribution in [0.3, 0.4) is 0 Å². The number of hydrogen-bond donors (Lipinski definition) is 0. The normalized spacial score (nSPS) is 18.8. The standard InChI is InChI=1S/C50H64B2O10/c1-13-34-29-35(16-15-33(34)3)50(36-17-22-44(41(30-36)45(53)57-14-2)58-28-27-56-26-25-55-24-23-54-12)42-31-37(51-59-46(4,5)47(6,7)60-51)18-20-39(42)40-21-19-38(32-43(40)50)52-61-48(8,9)49(10,11)62-52/h15-22,29-32H,13-14,23-28H2,1-12H3. The van der Waals surface area contributed by atoms with Crippen LogP contribution in [0.4, 0.5) is 0 Å². The molecule has 0 radical (unpaired) electrons. The lowest BCUT2D eigenvalue weighted by Crippen LogP contribution is -2.41. The number of benzene rings is 4. The Morgan fingerprint density at radius 3 is 1.58 bits per heavy atom. The summed E-state index contributed by atoms with van der Waals surface area (Å²) in [6.07, 6.45) is 0.847. The number of ether oxygens (including phenoxy) is 5. The van der Waals surface area contributed by atoms with Crippen LogP contribution in [-0.4, -0.2) is 96.0 Å². The first-order valence-electron chi connectivity index (χ1n) is 22.1. The summed E-state index contributed by atoms with van der Waals surface area (Å²) >= 11 is 0. The molecule has 0 spiro atoms. The Bertz CT molecular complexity index is 2150. The fourth-order valence-corrected chi connectivity index (χ4v) is 8.62. The molecule has 0 saturated carbocycles. The number of hydrogen-bond acceptors (Lipinski definition) is 10. The van der Waals surface area contributed by atoms with E-state index in [2.05, 4.69) is 130 Å². The fourth-order valence-electron chi connectivity index (χ4n) is 8.62. The van der Waals surface area contributed by atoms with Crippen molar-refractivity contribution in [1.29, 1.82) is 0 Å². The highest BCUT2D eigenvalue weighted by molar-refractivity contribution is 6.62. The number of fused-ring (bicyclic) bond motifs is 3. The molecule has 2 fully saturated rings. The van der Waals surface area contributed by atoms with Crippen LogP contribution in [0.2, 0.25) is 0 Å². The average Bonchev–Trinajstić information content (AvgIpc) is 3.74. The summed E-state index contributed by atoms with van der Waals surface area (Å²) in [5, 5.41) is 0. The van der Waals surface area contributed by atoms with Crippen LogP contribution < -0.4 is 15.7 Å². The van der Waals surface area contributed by atoms with E-state index >= 15 is 0 Å². The highest BCUT2D eigenvalue weighted by Crippen LogP contribution is 2.57. The third-order valence-electron chi connectivity index (χ3n) is 13.6. The zero-order valence-corrected chi connectivity index (χ0v) is 38.8. The number of rotatable bonds is 17. The zero-order valence-electron chi connectivity index (χ0n) is 38.8. The van der Waals surface area contributed by atoms with Gasteiger partial charge in [-0.3, -0.25) is 0 Å². The van der Waals surface area contributed by atoms with Crippen molar-refractivity contribution in [3.8, 4) is 16.9 Å². The Labute approximate surface area is 369 Å². The van der Waals surface area contributed by atoms with Crippen molar-refractivity contribution in [3.63, 3.8) is 0 Å². The first kappa shape index (κ1) is 46.0. The van der Waals surface area contributed by atoms with E-state index < -0.39 is 48.0 Å². The number of carbonyl (C=O) groups is 1. The molecule has 0 atom stereocenters. The zero-order chi connectivity index (χ0) is 44.7. The smallest absolute Gasteiger partial charge is 0.490 e. The lowest BCUT2D eigenvalue weighted by Gasteiger charge is -2.35. The molecule has 4 aromatic carbocycles. The molecule has 2 saturated heterocycles. The van der Waals surface area contributed by atoms with Crippen molar-refractivity contribution in [2.75, 3.05) is 53.4 Å². The maximum absolute atomic E-state index is 14.0. The van der Waals surface area contributed by atoms with Gasteiger partial charge in [-0.2, -0.15) is 0 Å². The Morgan fingerprint density at radius 2 is 1.08 bits per heavy atom. The SMILES string of the molecule is CCOC(=O)c1cc(C2(c3ccc(C)c(CC)c3)c3cc(B4OC(C)(C)C(C)(C)O4)ccc3-c3ccc(B4OC(C)(C)C(C)(C)O4)cc32)ccc1OCCOCCOCCOC. The predicted molar refractivity (Wildman–Crippen MR) is 244 cm³/mol. The first-order chi connectivity index (χ1) is 29.4. The number of aryl methyl sites for hydroxylation is 2. The molecule has 0 unspecified atom stereocenters. The first-order valence-corrected chi connectivity index (χ1v) is 22.1. The molecule has 330 valence electrons. The molecule has 10 nitrogen and oxygen atoms in total. The fraction of sp³-hybridized carbons (Fsp3) is 0.500. The highest BCUT2D eigenvalue weighted by Gasteiger charge is 2.55. The van der Waals surface area contributed by atoms with Gasteiger partial charge >= 0.3 is 20.2 Å². The number of methoxy groups -OCH3 is 1. The maximum Gasteiger partial charge on any atom is 0.494 e. The van der Waals surface area contributed by atoms with Crippen molar-refractivity contribution in [2.45, 2.75) is 110 Å². The molecule has 7 rings (SSSR count). The monoisotopic (exact) mass is 846 g/mol. The van der Waals surface area contributed by atoms with E-state index in [9.17, 15) is 4.79 Å². The third-order valence-corrected chi connectivity index (χ3v) is 13.6. The molecule has 2 heterocycles. The Balaban J connectivity index is 1.42. The van der Waals surface area contributed by atoms with Crippen LogP contribution in [0.5, 0.6) is 5.75 Å². The summed E-state index contributed by atoms with van der Waals surface area (Å²) in [5.74, 6) is -0.0590. The molecular weight excluding hydrogens is 782 g/mol. The second-order valence-corrected chi connectivity index (χ2v) is 18.5. The molecule has 0 amide bonds. The van der Waals surface area contributed by atoms with E-state index in [1.807, 2.05) is 19.1 Å². The number of esters is 1. The minimum atomic E-state index is -0.937. The van der Waals surface area contributed by atoms with E-state index in [-0.39, 0.29) is 13.2 Å². The molecule has 12 heteroatoms. The van der Waals surface area contributed by atoms with E-state index in [0.29, 0.717) is 44.3 Å². The van der Waals surface area contributed by atoms with Crippen LogP contribution in [0, 0.1) is 6.92 Å². The molecule has 1 aliphatic carbocycles. The average molecular weight is 847 g/mol. The lowest BCUT2D eigenvalue weighted by molar-refractivity contribution is 0.00578. The van der Waals surface area contributed by atoms with Gasteiger partial charge < -0.3 is 42.3 Å². The predicted octanol–water partition coefficient (Wildman–Crippen LogP) is 7.75. The van der Waals surface area contributed by atoms with Crippen LogP contribution in [0.1, 0.15) is 113 Å². The van der Waals surface area contributed by atoms with E-state index in [0.717, 1.165) is 50.7 Å². The third kappa shape index (κ3) is 8.40. The Morgan fingerprint density at radius 1 is 0.597 bits per heavy atom. The summed E-state index contributed by atoms with van der Waals surface area (Å²) in [6.45, 7) is 25.4. The molecule has 62 heavy (non-hydrogen) atoms. The largest absolute Gasteiger partial charge is 0.494 e. The summed E-state index contributed by atoms with van der Waals surface area (Å²) in [5.41, 5.74) is 7.67. The maximum atomic E-state index is 14.0. The van der Waals surface area contributed by atoms with Gasteiger partial charge in [0.2, 0.25) is 0 Å². The van der Waals surface area contributed by atoms with Crippen molar-refractivity contribution >= 4 is 31.1 Å². The molecule has 0 bridgehead atoms.